The summed E-state index contributed by atoms with van der Waals surface area (Å²) in [6, 6.07) is 12.1. The molecule has 1 nitrogen and oxygen atoms in total. The van der Waals surface area contributed by atoms with Crippen molar-refractivity contribution < 1.29 is 13.2 Å². The standard InChI is InChI=1S/C15H10F3N/c1-10-6-7-11(9-19)8-13(10)12-4-2-3-5-14(12)15(16,17)18/h2-8H,1H3. The van der Waals surface area contributed by atoms with Gasteiger partial charge in [0, 0.05) is 0 Å². The van der Waals surface area contributed by atoms with Crippen molar-refractivity contribution in [1.29, 1.82) is 5.26 Å². The van der Waals surface area contributed by atoms with Gasteiger partial charge in [-0.05, 0) is 41.8 Å². The number of nitriles is 1. The molecule has 0 atom stereocenters. The fourth-order valence-electron chi connectivity index (χ4n) is 1.95. The molecular weight excluding hydrogens is 251 g/mol. The first kappa shape index (κ1) is 13.2. The highest BCUT2D eigenvalue weighted by Crippen LogP contribution is 2.38. The zero-order chi connectivity index (χ0) is 14.0. The van der Waals surface area contributed by atoms with Crippen LogP contribution >= 0.6 is 0 Å². The van der Waals surface area contributed by atoms with E-state index in [1.54, 1.807) is 25.1 Å². The minimum Gasteiger partial charge on any atom is -0.192 e. The van der Waals surface area contributed by atoms with Crippen molar-refractivity contribution in [1.82, 2.24) is 0 Å². The maximum absolute atomic E-state index is 13.0. The summed E-state index contributed by atoms with van der Waals surface area (Å²) in [6.45, 7) is 1.73. The van der Waals surface area contributed by atoms with E-state index in [1.807, 2.05) is 6.07 Å². The molecule has 0 aliphatic rings. The number of rotatable bonds is 1. The van der Waals surface area contributed by atoms with Gasteiger partial charge < -0.3 is 0 Å². The lowest BCUT2D eigenvalue weighted by Crippen LogP contribution is -2.07. The Morgan fingerprint density at radius 3 is 2.32 bits per heavy atom. The molecule has 0 aliphatic heterocycles. The van der Waals surface area contributed by atoms with E-state index >= 15 is 0 Å². The van der Waals surface area contributed by atoms with Crippen LogP contribution in [0.4, 0.5) is 13.2 Å². The monoisotopic (exact) mass is 261 g/mol. The highest BCUT2D eigenvalue weighted by atomic mass is 19.4. The topological polar surface area (TPSA) is 23.8 Å². The number of benzene rings is 2. The summed E-state index contributed by atoms with van der Waals surface area (Å²) in [7, 11) is 0. The predicted octanol–water partition coefficient (Wildman–Crippen LogP) is 4.55. The molecule has 96 valence electrons. The van der Waals surface area contributed by atoms with Crippen molar-refractivity contribution in [2.75, 3.05) is 0 Å². The van der Waals surface area contributed by atoms with Crippen molar-refractivity contribution in [3.05, 3.63) is 59.2 Å². The van der Waals surface area contributed by atoms with Crippen LogP contribution in [-0.2, 0) is 6.18 Å². The van der Waals surface area contributed by atoms with Crippen molar-refractivity contribution in [3.8, 4) is 17.2 Å². The first-order valence-electron chi connectivity index (χ1n) is 5.61. The van der Waals surface area contributed by atoms with E-state index in [0.717, 1.165) is 6.07 Å². The molecular formula is C15H10F3N. The SMILES string of the molecule is Cc1ccc(C#N)cc1-c1ccccc1C(F)(F)F. The zero-order valence-electron chi connectivity index (χ0n) is 10.1. The number of aryl methyl sites for hydroxylation is 1. The smallest absolute Gasteiger partial charge is 0.192 e. The Kier molecular flexibility index (Phi) is 3.30. The number of hydrogen-bond acceptors (Lipinski definition) is 1. The molecule has 2 aromatic carbocycles. The Bertz CT molecular complexity index is 651. The average molecular weight is 261 g/mol. The second kappa shape index (κ2) is 4.77. The van der Waals surface area contributed by atoms with Gasteiger partial charge in [-0.25, -0.2) is 0 Å². The molecule has 0 saturated carbocycles. The number of alkyl halides is 3. The zero-order valence-corrected chi connectivity index (χ0v) is 10.1. The minimum atomic E-state index is -4.41. The molecule has 2 rings (SSSR count). The van der Waals surface area contributed by atoms with Crippen LogP contribution < -0.4 is 0 Å². The average Bonchev–Trinajstić information content (AvgIpc) is 2.38. The summed E-state index contributed by atoms with van der Waals surface area (Å²) in [6.07, 6.45) is -4.41. The molecule has 0 unspecified atom stereocenters. The molecule has 0 heterocycles. The second-order valence-corrected chi connectivity index (χ2v) is 4.18. The Labute approximate surface area is 108 Å². The molecule has 4 heteroatoms. The fraction of sp³-hybridized carbons (Fsp3) is 0.133. The summed E-state index contributed by atoms with van der Waals surface area (Å²) in [5.74, 6) is 0. The fourth-order valence-corrected chi connectivity index (χ4v) is 1.95. The first-order valence-corrected chi connectivity index (χ1v) is 5.61. The van der Waals surface area contributed by atoms with Gasteiger partial charge >= 0.3 is 6.18 Å². The minimum absolute atomic E-state index is 0.101. The summed E-state index contributed by atoms with van der Waals surface area (Å²) >= 11 is 0. The van der Waals surface area contributed by atoms with E-state index in [1.165, 1.54) is 18.2 Å². The Balaban J connectivity index is 2.70. The predicted molar refractivity (Wildman–Crippen MR) is 66.3 cm³/mol. The van der Waals surface area contributed by atoms with Gasteiger partial charge in [-0.1, -0.05) is 24.3 Å². The van der Waals surface area contributed by atoms with Gasteiger partial charge in [0.25, 0.3) is 0 Å². The number of nitrogens with zero attached hydrogens (tertiary/aromatic N) is 1. The molecule has 0 bridgehead atoms. The van der Waals surface area contributed by atoms with Gasteiger partial charge in [-0.3, -0.25) is 0 Å². The molecule has 0 fully saturated rings. The Morgan fingerprint density at radius 1 is 1.00 bits per heavy atom. The molecule has 0 N–H and O–H groups in total. The van der Waals surface area contributed by atoms with Gasteiger partial charge in [0.15, 0.2) is 0 Å². The second-order valence-electron chi connectivity index (χ2n) is 4.18. The molecule has 0 spiro atoms. The van der Waals surface area contributed by atoms with Crippen molar-refractivity contribution >= 4 is 0 Å². The highest BCUT2D eigenvalue weighted by Gasteiger charge is 2.33. The molecule has 0 aliphatic carbocycles. The van der Waals surface area contributed by atoms with Crippen molar-refractivity contribution in [3.63, 3.8) is 0 Å². The number of hydrogen-bond donors (Lipinski definition) is 0. The van der Waals surface area contributed by atoms with E-state index in [4.69, 9.17) is 5.26 Å². The number of halogens is 3. The van der Waals surface area contributed by atoms with E-state index in [2.05, 4.69) is 0 Å². The van der Waals surface area contributed by atoms with Crippen LogP contribution in [-0.4, -0.2) is 0 Å². The summed E-state index contributed by atoms with van der Waals surface area (Å²) < 4.78 is 38.9. The normalized spacial score (nSPS) is 11.1. The summed E-state index contributed by atoms with van der Waals surface area (Å²) in [5.41, 5.74) is 0.901. The van der Waals surface area contributed by atoms with Gasteiger partial charge in [-0.15, -0.1) is 0 Å². The molecule has 0 radical (unpaired) electrons. The van der Waals surface area contributed by atoms with Crippen molar-refractivity contribution in [2.45, 2.75) is 13.1 Å². The molecule has 0 aromatic heterocycles. The van der Waals surface area contributed by atoms with Crippen molar-refractivity contribution in [2.24, 2.45) is 0 Å². The van der Waals surface area contributed by atoms with E-state index in [-0.39, 0.29) is 5.56 Å². The largest absolute Gasteiger partial charge is 0.417 e. The van der Waals surface area contributed by atoms with Crippen LogP contribution in [0.15, 0.2) is 42.5 Å². The van der Waals surface area contributed by atoms with Crippen LogP contribution in [0.2, 0.25) is 0 Å². The third kappa shape index (κ3) is 2.60. The van der Waals surface area contributed by atoms with E-state index in [9.17, 15) is 13.2 Å². The summed E-state index contributed by atoms with van der Waals surface area (Å²) in [4.78, 5) is 0. The molecule has 2 aromatic rings. The van der Waals surface area contributed by atoms with Gasteiger partial charge in [-0.2, -0.15) is 18.4 Å². The van der Waals surface area contributed by atoms with Crippen LogP contribution in [0.5, 0.6) is 0 Å². The maximum atomic E-state index is 13.0. The van der Waals surface area contributed by atoms with Crippen LogP contribution in [0, 0.1) is 18.3 Å². The van der Waals surface area contributed by atoms with Gasteiger partial charge in [0.1, 0.15) is 0 Å². The third-order valence-corrected chi connectivity index (χ3v) is 2.89. The van der Waals surface area contributed by atoms with Crippen LogP contribution in [0.25, 0.3) is 11.1 Å². The van der Waals surface area contributed by atoms with Gasteiger partial charge in [0.2, 0.25) is 0 Å². The highest BCUT2D eigenvalue weighted by molar-refractivity contribution is 5.72. The van der Waals surface area contributed by atoms with E-state index in [0.29, 0.717) is 16.7 Å². The lowest BCUT2D eigenvalue weighted by molar-refractivity contribution is -0.137. The Hall–Kier alpha value is -2.28. The Morgan fingerprint density at radius 2 is 1.68 bits per heavy atom. The lowest BCUT2D eigenvalue weighted by Gasteiger charge is -2.14. The first-order chi connectivity index (χ1) is 8.93. The quantitative estimate of drug-likeness (QED) is 0.738. The van der Waals surface area contributed by atoms with Gasteiger partial charge in [0.05, 0.1) is 17.2 Å². The maximum Gasteiger partial charge on any atom is 0.417 e. The molecule has 0 amide bonds. The third-order valence-electron chi connectivity index (χ3n) is 2.89. The van der Waals surface area contributed by atoms with Crippen LogP contribution in [0.1, 0.15) is 16.7 Å². The van der Waals surface area contributed by atoms with Crippen LogP contribution in [0.3, 0.4) is 0 Å². The molecule has 19 heavy (non-hydrogen) atoms. The molecule has 0 saturated heterocycles. The summed E-state index contributed by atoms with van der Waals surface area (Å²) in [5, 5.41) is 8.86. The van der Waals surface area contributed by atoms with E-state index < -0.39 is 11.7 Å². The lowest BCUT2D eigenvalue weighted by atomic mass is 9.94.